The topological polar surface area (TPSA) is 55.0 Å². The lowest BCUT2D eigenvalue weighted by atomic mass is 10.3. The lowest BCUT2D eigenvalue weighted by Crippen LogP contribution is -2.23. The highest BCUT2D eigenvalue weighted by Gasteiger charge is 2.30. The van der Waals surface area contributed by atoms with Crippen LogP contribution in [-0.2, 0) is 4.79 Å². The fourth-order valence-corrected chi connectivity index (χ4v) is 3.67. The van der Waals surface area contributed by atoms with Crippen molar-refractivity contribution in [3.63, 3.8) is 0 Å². The van der Waals surface area contributed by atoms with Crippen molar-refractivity contribution >= 4 is 73.1 Å². The Bertz CT molecular complexity index is 826. The molecule has 3 rings (SSSR count). The van der Waals surface area contributed by atoms with E-state index in [4.69, 9.17) is 9.15 Å². The molecule has 0 aliphatic carbocycles. The van der Waals surface area contributed by atoms with E-state index in [1.165, 1.54) is 16.7 Å². The Morgan fingerprint density at radius 3 is 2.67 bits per heavy atom. The first-order chi connectivity index (χ1) is 11.5. The SMILES string of the molecule is COc1ccc(N=C2S/C(=C/c3cc(I)c(Br)o3)C(=O)N2C)cc1. The van der Waals surface area contributed by atoms with E-state index < -0.39 is 0 Å². The van der Waals surface area contributed by atoms with E-state index in [0.717, 1.165) is 15.0 Å². The predicted octanol–water partition coefficient (Wildman–Crippen LogP) is 4.89. The van der Waals surface area contributed by atoms with Gasteiger partial charge in [-0.05, 0) is 80.6 Å². The van der Waals surface area contributed by atoms with E-state index in [2.05, 4.69) is 43.5 Å². The summed E-state index contributed by atoms with van der Waals surface area (Å²) in [6.45, 7) is 0. The molecule has 2 heterocycles. The molecule has 24 heavy (non-hydrogen) atoms. The van der Waals surface area contributed by atoms with Gasteiger partial charge in [0, 0.05) is 13.1 Å². The third-order valence-corrected chi connectivity index (χ3v) is 6.43. The number of rotatable bonds is 3. The summed E-state index contributed by atoms with van der Waals surface area (Å²) in [4.78, 5) is 19.0. The molecule has 1 aliphatic heterocycles. The van der Waals surface area contributed by atoms with E-state index in [9.17, 15) is 4.79 Å². The summed E-state index contributed by atoms with van der Waals surface area (Å²) in [5.74, 6) is 1.29. The molecule has 0 bridgehead atoms. The number of amidine groups is 1. The maximum atomic E-state index is 12.4. The fourth-order valence-electron chi connectivity index (χ4n) is 1.98. The number of ether oxygens (including phenoxy) is 1. The number of benzene rings is 1. The first kappa shape index (κ1) is 17.6. The zero-order valence-corrected chi connectivity index (χ0v) is 17.3. The van der Waals surface area contributed by atoms with Crippen molar-refractivity contribution in [3.8, 4) is 5.75 Å². The zero-order valence-electron chi connectivity index (χ0n) is 12.7. The molecule has 0 radical (unpaired) electrons. The molecule has 1 aromatic heterocycles. The van der Waals surface area contributed by atoms with Crippen molar-refractivity contribution < 1.29 is 13.9 Å². The quantitative estimate of drug-likeness (QED) is 0.429. The van der Waals surface area contributed by atoms with Crippen LogP contribution in [0.15, 0.2) is 49.3 Å². The molecule has 1 saturated heterocycles. The van der Waals surface area contributed by atoms with Crippen molar-refractivity contribution in [2.45, 2.75) is 0 Å². The van der Waals surface area contributed by atoms with Gasteiger partial charge in [-0.15, -0.1) is 0 Å². The molecule has 5 nitrogen and oxygen atoms in total. The number of hydrogen-bond acceptors (Lipinski definition) is 5. The summed E-state index contributed by atoms with van der Waals surface area (Å²) in [5, 5.41) is 0.622. The summed E-state index contributed by atoms with van der Waals surface area (Å²) < 4.78 is 12.3. The Balaban J connectivity index is 1.86. The lowest BCUT2D eigenvalue weighted by molar-refractivity contribution is -0.121. The van der Waals surface area contributed by atoms with E-state index >= 15 is 0 Å². The highest BCUT2D eigenvalue weighted by molar-refractivity contribution is 14.1. The molecule has 1 amide bonds. The maximum Gasteiger partial charge on any atom is 0.266 e. The molecule has 1 aromatic carbocycles. The highest BCUT2D eigenvalue weighted by atomic mass is 127. The average molecular weight is 519 g/mol. The van der Waals surface area contributed by atoms with Gasteiger partial charge in [-0.1, -0.05) is 0 Å². The molecule has 2 aromatic rings. The van der Waals surface area contributed by atoms with Gasteiger partial charge < -0.3 is 9.15 Å². The lowest BCUT2D eigenvalue weighted by Gasteiger charge is -2.07. The number of aliphatic imine (C=N–C) groups is 1. The van der Waals surface area contributed by atoms with Crippen molar-refractivity contribution in [2.24, 2.45) is 4.99 Å². The third kappa shape index (κ3) is 3.70. The summed E-state index contributed by atoms with van der Waals surface area (Å²) >= 11 is 6.80. The van der Waals surface area contributed by atoms with Crippen LogP contribution in [0.5, 0.6) is 5.75 Å². The van der Waals surface area contributed by atoms with Gasteiger partial charge in [-0.25, -0.2) is 4.99 Å². The molecule has 0 atom stereocenters. The number of carbonyl (C=O) groups excluding carboxylic acids is 1. The summed E-state index contributed by atoms with van der Waals surface area (Å²) in [6, 6.07) is 9.22. The van der Waals surface area contributed by atoms with Crippen molar-refractivity contribution in [3.05, 3.63) is 49.2 Å². The Labute approximate surface area is 165 Å². The smallest absolute Gasteiger partial charge is 0.266 e. The predicted molar refractivity (Wildman–Crippen MR) is 108 cm³/mol. The summed E-state index contributed by atoms with van der Waals surface area (Å²) in [5.41, 5.74) is 0.759. The van der Waals surface area contributed by atoms with Crippen LogP contribution in [0, 0.1) is 3.57 Å². The minimum absolute atomic E-state index is 0.102. The molecule has 1 aliphatic rings. The zero-order chi connectivity index (χ0) is 17.3. The van der Waals surface area contributed by atoms with Gasteiger partial charge in [-0.2, -0.15) is 0 Å². The summed E-state index contributed by atoms with van der Waals surface area (Å²) in [6.07, 6.45) is 1.73. The van der Waals surface area contributed by atoms with Gasteiger partial charge in [0.25, 0.3) is 5.91 Å². The van der Waals surface area contributed by atoms with Crippen molar-refractivity contribution in [1.82, 2.24) is 4.90 Å². The molecule has 0 saturated carbocycles. The largest absolute Gasteiger partial charge is 0.497 e. The number of carbonyl (C=O) groups is 1. The van der Waals surface area contributed by atoms with Gasteiger partial charge in [0.1, 0.15) is 11.5 Å². The highest BCUT2D eigenvalue weighted by Crippen LogP contribution is 2.34. The number of hydrogen-bond donors (Lipinski definition) is 0. The molecule has 0 unspecified atom stereocenters. The van der Waals surface area contributed by atoms with Gasteiger partial charge in [0.2, 0.25) is 0 Å². The number of likely N-dealkylation sites (N-methyl/N-ethyl adjacent to an activating group) is 1. The van der Waals surface area contributed by atoms with Crippen LogP contribution in [0.1, 0.15) is 5.76 Å². The number of amides is 1. The number of nitrogens with zero attached hydrogens (tertiary/aromatic N) is 2. The fraction of sp³-hybridized carbons (Fsp3) is 0.125. The second-order valence-corrected chi connectivity index (χ2v) is 7.73. The number of methoxy groups -OCH3 is 1. The Kier molecular flexibility index (Phi) is 5.36. The molecule has 0 spiro atoms. The van der Waals surface area contributed by atoms with Gasteiger partial charge in [-0.3, -0.25) is 9.69 Å². The van der Waals surface area contributed by atoms with Gasteiger partial charge in [0.15, 0.2) is 9.84 Å². The monoisotopic (exact) mass is 518 g/mol. The van der Waals surface area contributed by atoms with Crippen LogP contribution >= 0.6 is 50.3 Å². The Morgan fingerprint density at radius 2 is 2.08 bits per heavy atom. The van der Waals surface area contributed by atoms with E-state index in [-0.39, 0.29) is 5.91 Å². The van der Waals surface area contributed by atoms with E-state index in [0.29, 0.717) is 20.5 Å². The molecule has 0 N–H and O–H groups in total. The van der Waals surface area contributed by atoms with Crippen LogP contribution in [-0.4, -0.2) is 30.1 Å². The molecular weight excluding hydrogens is 507 g/mol. The van der Waals surface area contributed by atoms with E-state index in [1.54, 1.807) is 20.2 Å². The first-order valence-electron chi connectivity index (χ1n) is 6.83. The maximum absolute atomic E-state index is 12.4. The number of halogens is 2. The van der Waals surface area contributed by atoms with Crippen LogP contribution in [0.3, 0.4) is 0 Å². The molecule has 124 valence electrons. The van der Waals surface area contributed by atoms with Crippen LogP contribution in [0.2, 0.25) is 0 Å². The van der Waals surface area contributed by atoms with Crippen LogP contribution in [0.4, 0.5) is 5.69 Å². The van der Waals surface area contributed by atoms with Crippen LogP contribution < -0.4 is 4.74 Å². The van der Waals surface area contributed by atoms with E-state index in [1.807, 2.05) is 30.3 Å². The van der Waals surface area contributed by atoms with Gasteiger partial charge in [0.05, 0.1) is 21.3 Å². The average Bonchev–Trinajstić information content (AvgIpc) is 3.02. The van der Waals surface area contributed by atoms with Gasteiger partial charge >= 0.3 is 0 Å². The molecule has 8 heteroatoms. The normalized spacial score (nSPS) is 18.0. The minimum atomic E-state index is -0.102. The minimum Gasteiger partial charge on any atom is -0.497 e. The number of furan rings is 1. The van der Waals surface area contributed by atoms with Crippen molar-refractivity contribution in [2.75, 3.05) is 14.2 Å². The Hall–Kier alpha value is -1.26. The summed E-state index contributed by atoms with van der Waals surface area (Å²) in [7, 11) is 3.33. The van der Waals surface area contributed by atoms with Crippen LogP contribution in [0.25, 0.3) is 6.08 Å². The van der Waals surface area contributed by atoms with Crippen molar-refractivity contribution in [1.29, 1.82) is 0 Å². The standard InChI is InChI=1S/C16H12BrIN2O3S/c1-20-15(21)13(8-11-7-12(18)14(17)23-11)24-16(20)19-9-3-5-10(22-2)6-4-9/h3-8H,1-2H3/b13-8+,19-16?. The first-order valence-corrected chi connectivity index (χ1v) is 9.52. The second kappa shape index (κ2) is 7.32. The molecule has 1 fully saturated rings. The third-order valence-electron chi connectivity index (χ3n) is 3.24. The molecular formula is C16H12BrIN2O3S. The Morgan fingerprint density at radius 1 is 1.38 bits per heavy atom. The number of thioether (sulfide) groups is 1. The second-order valence-electron chi connectivity index (χ2n) is 4.84.